The first-order valence-electron chi connectivity index (χ1n) is 3.93. The van der Waals surface area contributed by atoms with Gasteiger partial charge in [-0.3, -0.25) is 0 Å². The Labute approximate surface area is 73.5 Å². The number of allylic oxidation sites excluding steroid dienone is 3. The molecule has 0 aromatic carbocycles. The van der Waals surface area contributed by atoms with Gasteiger partial charge in [0.05, 0.1) is 13.2 Å². The molecule has 0 unspecified atom stereocenters. The van der Waals surface area contributed by atoms with Crippen molar-refractivity contribution in [1.82, 2.24) is 0 Å². The summed E-state index contributed by atoms with van der Waals surface area (Å²) in [4.78, 5) is 0. The lowest BCUT2D eigenvalue weighted by Crippen LogP contribution is -2.01. The molecule has 0 aromatic rings. The van der Waals surface area contributed by atoms with Gasteiger partial charge in [-0.25, -0.2) is 0 Å². The maximum absolute atomic E-state index is 8.86. The average Bonchev–Trinajstić information content (AvgIpc) is 2.07. The molecular weight excluding hydrogens is 152 g/mol. The second-order valence-corrected chi connectivity index (χ2v) is 2.51. The quantitative estimate of drug-likeness (QED) is 0.589. The number of hydrogen-bond donors (Lipinski definition) is 2. The van der Waals surface area contributed by atoms with E-state index in [1.165, 1.54) is 0 Å². The van der Waals surface area contributed by atoms with Gasteiger partial charge in [-0.2, -0.15) is 0 Å². The van der Waals surface area contributed by atoms with E-state index in [0.717, 1.165) is 5.57 Å². The largest absolute Gasteiger partial charge is 0.392 e. The highest BCUT2D eigenvalue weighted by atomic mass is 16.3. The van der Waals surface area contributed by atoms with Crippen LogP contribution in [0.5, 0.6) is 0 Å². The van der Waals surface area contributed by atoms with Gasteiger partial charge in [0, 0.05) is 0 Å². The molecule has 0 spiro atoms. The zero-order valence-corrected chi connectivity index (χ0v) is 7.29. The molecular formula is C10H16O2. The molecule has 2 N–H and O–H groups in total. The molecule has 0 aliphatic rings. The SMILES string of the molecule is C=CCC(CC=C)=C(CO)CO. The molecule has 0 bridgehead atoms. The monoisotopic (exact) mass is 168 g/mol. The van der Waals surface area contributed by atoms with Gasteiger partial charge in [0.25, 0.3) is 0 Å². The van der Waals surface area contributed by atoms with Crippen LogP contribution in [-0.2, 0) is 0 Å². The Morgan fingerprint density at radius 3 is 1.58 bits per heavy atom. The molecule has 68 valence electrons. The predicted octanol–water partition coefficient (Wildman–Crippen LogP) is 1.42. The topological polar surface area (TPSA) is 40.5 Å². The molecule has 12 heavy (non-hydrogen) atoms. The number of rotatable bonds is 6. The molecule has 0 aliphatic heterocycles. The zero-order valence-electron chi connectivity index (χ0n) is 7.29. The van der Waals surface area contributed by atoms with Crippen LogP contribution in [0.2, 0.25) is 0 Å². The standard InChI is InChI=1S/C10H16O2/c1-3-5-9(6-4-2)10(7-11)8-12/h3-4,11-12H,1-2,5-8H2. The fourth-order valence-electron chi connectivity index (χ4n) is 0.994. The van der Waals surface area contributed by atoms with Crippen molar-refractivity contribution in [1.29, 1.82) is 0 Å². The molecule has 0 aromatic heterocycles. The van der Waals surface area contributed by atoms with Gasteiger partial charge in [0.1, 0.15) is 0 Å². The Hall–Kier alpha value is -0.860. The predicted molar refractivity (Wildman–Crippen MR) is 50.8 cm³/mol. The normalized spacial score (nSPS) is 9.17. The van der Waals surface area contributed by atoms with Gasteiger partial charge in [-0.15, -0.1) is 13.2 Å². The van der Waals surface area contributed by atoms with Crippen LogP contribution in [0.4, 0.5) is 0 Å². The van der Waals surface area contributed by atoms with Crippen molar-refractivity contribution >= 4 is 0 Å². The van der Waals surface area contributed by atoms with Crippen molar-refractivity contribution < 1.29 is 10.2 Å². The van der Waals surface area contributed by atoms with Crippen molar-refractivity contribution in [3.8, 4) is 0 Å². The summed E-state index contributed by atoms with van der Waals surface area (Å²) in [7, 11) is 0. The van der Waals surface area contributed by atoms with Crippen LogP contribution in [0.3, 0.4) is 0 Å². The van der Waals surface area contributed by atoms with E-state index in [0.29, 0.717) is 18.4 Å². The molecule has 0 saturated heterocycles. The maximum Gasteiger partial charge on any atom is 0.0666 e. The van der Waals surface area contributed by atoms with E-state index in [-0.39, 0.29) is 13.2 Å². The van der Waals surface area contributed by atoms with Crippen LogP contribution in [0, 0.1) is 0 Å². The van der Waals surface area contributed by atoms with E-state index in [1.807, 2.05) is 0 Å². The van der Waals surface area contributed by atoms with Gasteiger partial charge >= 0.3 is 0 Å². The molecule has 0 radical (unpaired) electrons. The van der Waals surface area contributed by atoms with E-state index in [4.69, 9.17) is 10.2 Å². The number of aliphatic hydroxyl groups is 2. The summed E-state index contributed by atoms with van der Waals surface area (Å²) in [5.41, 5.74) is 1.68. The van der Waals surface area contributed by atoms with Gasteiger partial charge in [0.2, 0.25) is 0 Å². The Morgan fingerprint density at radius 2 is 1.33 bits per heavy atom. The minimum atomic E-state index is -0.0898. The molecule has 0 atom stereocenters. The highest BCUT2D eigenvalue weighted by Gasteiger charge is 2.01. The number of aliphatic hydroxyl groups excluding tert-OH is 2. The van der Waals surface area contributed by atoms with Crippen LogP contribution in [0.1, 0.15) is 12.8 Å². The van der Waals surface area contributed by atoms with Gasteiger partial charge in [-0.05, 0) is 18.4 Å². The zero-order chi connectivity index (χ0) is 9.40. The fraction of sp³-hybridized carbons (Fsp3) is 0.400. The number of hydrogen-bond acceptors (Lipinski definition) is 2. The summed E-state index contributed by atoms with van der Waals surface area (Å²) in [5.74, 6) is 0. The Kier molecular flexibility index (Phi) is 6.34. The Bertz CT molecular complexity index is 162. The van der Waals surface area contributed by atoms with E-state index in [1.54, 1.807) is 12.2 Å². The Balaban J connectivity index is 4.48. The lowest BCUT2D eigenvalue weighted by Gasteiger charge is -2.07. The maximum atomic E-state index is 8.86. The second kappa shape index (κ2) is 6.83. The van der Waals surface area contributed by atoms with Crippen LogP contribution in [0.15, 0.2) is 36.5 Å². The molecule has 2 nitrogen and oxygen atoms in total. The smallest absolute Gasteiger partial charge is 0.0666 e. The third kappa shape index (κ3) is 3.51. The van der Waals surface area contributed by atoms with Crippen LogP contribution < -0.4 is 0 Å². The van der Waals surface area contributed by atoms with E-state index >= 15 is 0 Å². The average molecular weight is 168 g/mol. The second-order valence-electron chi connectivity index (χ2n) is 2.51. The summed E-state index contributed by atoms with van der Waals surface area (Å²) in [6.07, 6.45) is 4.90. The highest BCUT2D eigenvalue weighted by molar-refractivity contribution is 5.19. The van der Waals surface area contributed by atoms with Crippen molar-refractivity contribution in [2.24, 2.45) is 0 Å². The third-order valence-electron chi connectivity index (χ3n) is 1.66. The minimum absolute atomic E-state index is 0.0898. The third-order valence-corrected chi connectivity index (χ3v) is 1.66. The molecule has 0 rings (SSSR count). The van der Waals surface area contributed by atoms with E-state index < -0.39 is 0 Å². The van der Waals surface area contributed by atoms with Crippen molar-refractivity contribution in [3.05, 3.63) is 36.5 Å². The summed E-state index contributed by atoms with van der Waals surface area (Å²) in [6, 6.07) is 0. The van der Waals surface area contributed by atoms with Crippen LogP contribution in [0.25, 0.3) is 0 Å². The summed E-state index contributed by atoms with van der Waals surface area (Å²) in [5, 5.41) is 17.7. The first-order valence-corrected chi connectivity index (χ1v) is 3.93. The summed E-state index contributed by atoms with van der Waals surface area (Å²) in [6.45, 7) is 7.02. The molecule has 0 amide bonds. The highest BCUT2D eigenvalue weighted by Crippen LogP contribution is 2.13. The van der Waals surface area contributed by atoms with Gasteiger partial charge in [-0.1, -0.05) is 17.7 Å². The molecule has 0 fully saturated rings. The van der Waals surface area contributed by atoms with Crippen LogP contribution >= 0.6 is 0 Å². The van der Waals surface area contributed by atoms with Crippen molar-refractivity contribution in [2.75, 3.05) is 13.2 Å². The van der Waals surface area contributed by atoms with Gasteiger partial charge < -0.3 is 10.2 Å². The lowest BCUT2D eigenvalue weighted by molar-refractivity contribution is 0.274. The van der Waals surface area contributed by atoms with Crippen molar-refractivity contribution in [2.45, 2.75) is 12.8 Å². The molecule has 0 heterocycles. The van der Waals surface area contributed by atoms with Crippen LogP contribution in [-0.4, -0.2) is 23.4 Å². The summed E-state index contributed by atoms with van der Waals surface area (Å²) < 4.78 is 0. The van der Waals surface area contributed by atoms with E-state index in [2.05, 4.69) is 13.2 Å². The molecule has 0 aliphatic carbocycles. The fourth-order valence-corrected chi connectivity index (χ4v) is 0.994. The molecule has 0 saturated carbocycles. The Morgan fingerprint density at radius 1 is 0.917 bits per heavy atom. The minimum Gasteiger partial charge on any atom is -0.392 e. The lowest BCUT2D eigenvalue weighted by atomic mass is 10.0. The first-order chi connectivity index (χ1) is 5.79. The molecule has 2 heteroatoms. The van der Waals surface area contributed by atoms with Gasteiger partial charge in [0.15, 0.2) is 0 Å². The van der Waals surface area contributed by atoms with E-state index in [9.17, 15) is 0 Å². The summed E-state index contributed by atoms with van der Waals surface area (Å²) >= 11 is 0. The first kappa shape index (κ1) is 11.1. The van der Waals surface area contributed by atoms with Crippen molar-refractivity contribution in [3.63, 3.8) is 0 Å².